The van der Waals surface area contributed by atoms with Gasteiger partial charge in [0.05, 0.1) is 12.0 Å². The van der Waals surface area contributed by atoms with Gasteiger partial charge in [-0.1, -0.05) is 11.1 Å². The van der Waals surface area contributed by atoms with Gasteiger partial charge in [-0.25, -0.2) is 10.1 Å². The summed E-state index contributed by atoms with van der Waals surface area (Å²) in [6, 6.07) is 5.26. The number of nitrogens with one attached hydrogen (secondary N) is 1. The Kier molecular flexibility index (Phi) is 7.43. The van der Waals surface area contributed by atoms with Crippen LogP contribution in [0.4, 0.5) is 11.6 Å². The van der Waals surface area contributed by atoms with Crippen LogP contribution < -0.4 is 0 Å². The Balaban J connectivity index is 0.00000320. The first-order valence-electron chi connectivity index (χ1n) is 7.20. The summed E-state index contributed by atoms with van der Waals surface area (Å²) in [6.07, 6.45) is 0. The number of hydrogen-bond acceptors (Lipinski definition) is 12. The largest absolute Gasteiger partial charge is 0.504 e. The Morgan fingerprint density at radius 1 is 1.23 bits per heavy atom. The minimum Gasteiger partial charge on any atom is -0.504 e. The van der Waals surface area contributed by atoms with Gasteiger partial charge < -0.3 is 10.2 Å². The summed E-state index contributed by atoms with van der Waals surface area (Å²) in [7, 11) is -4.84. The van der Waals surface area contributed by atoms with E-state index in [-0.39, 0.29) is 33.0 Å². The molecule has 0 atom stereocenters. The van der Waals surface area contributed by atoms with Crippen molar-refractivity contribution in [3.8, 4) is 5.75 Å². The van der Waals surface area contributed by atoms with Crippen molar-refractivity contribution in [2.75, 3.05) is 0 Å². The van der Waals surface area contributed by atoms with Gasteiger partial charge in [0.1, 0.15) is 10.6 Å². The first kappa shape index (κ1) is 23.6. The molecule has 0 unspecified atom stereocenters. The molecule has 5 N–H and O–H groups in total. The molecule has 14 nitrogen and oxygen atoms in total. The molecule has 17 heteroatoms. The second kappa shape index (κ2) is 9.44. The van der Waals surface area contributed by atoms with E-state index in [0.29, 0.717) is 16.9 Å². The minimum absolute atomic E-state index is 0. The molecule has 2 aromatic carbocycles. The van der Waals surface area contributed by atoms with E-state index in [1.54, 1.807) is 0 Å². The topological polar surface area (TPSA) is 217 Å². The van der Waals surface area contributed by atoms with Gasteiger partial charge in [0.2, 0.25) is 5.82 Å². The van der Waals surface area contributed by atoms with E-state index in [2.05, 4.69) is 34.8 Å². The van der Waals surface area contributed by atoms with Gasteiger partial charge in [-0.05, 0) is 23.6 Å². The summed E-state index contributed by atoms with van der Waals surface area (Å²) in [5, 5.41) is 44.1. The number of carboxylic acids is 1. The quantitative estimate of drug-likeness (QED) is 0.0786. The van der Waals surface area contributed by atoms with Crippen LogP contribution in [0.5, 0.6) is 5.75 Å². The van der Waals surface area contributed by atoms with Gasteiger partial charge in [-0.15, -0.1) is 19.7 Å². The third kappa shape index (κ3) is 5.09. The zero-order valence-corrected chi connectivity index (χ0v) is 16.7. The number of azo groups is 1. The summed E-state index contributed by atoms with van der Waals surface area (Å²) < 4.78 is 36.9. The Morgan fingerprint density at radius 2 is 1.97 bits per heavy atom. The number of carbonyl (C=O) groups is 1. The van der Waals surface area contributed by atoms with Crippen molar-refractivity contribution in [3.63, 3.8) is 0 Å². The van der Waals surface area contributed by atoms with Gasteiger partial charge >= 0.3 is 5.97 Å². The summed E-state index contributed by atoms with van der Waals surface area (Å²) in [5.41, 5.74) is -0.354. The molecule has 0 aliphatic heterocycles. The van der Waals surface area contributed by atoms with Crippen LogP contribution in [-0.2, 0) is 36.0 Å². The Hall–Kier alpha value is -2.66. The molecule has 0 amide bonds. The number of phenolic OH excluding ortho intramolecular Hbond substituents is 1. The standard InChI is InChI=1S/C13H9N5O9S2.Ni/c19-10-8(29(23,24)25)4-5-3-6(28-27-26-22)1-2-7(5)9(10)15-17-13-14-11(12(20)21)16-18-13;/h1-4,19,22H,(H,20,21)(H,14,16,18)(H,23,24,25);. The number of aromatic nitrogens is 3. The number of aromatic hydroxyl groups is 1. The first-order chi connectivity index (χ1) is 13.7. The number of aromatic amines is 1. The van der Waals surface area contributed by atoms with Gasteiger partial charge in [-0.3, -0.25) is 9.65 Å². The monoisotopic (exact) mass is 501 g/mol. The fourth-order valence-electron chi connectivity index (χ4n) is 2.22. The molecule has 30 heavy (non-hydrogen) atoms. The van der Waals surface area contributed by atoms with Gasteiger partial charge in [-0.2, -0.15) is 13.4 Å². The maximum absolute atomic E-state index is 11.6. The van der Waals surface area contributed by atoms with E-state index in [9.17, 15) is 22.9 Å². The van der Waals surface area contributed by atoms with Gasteiger partial charge in [0, 0.05) is 26.8 Å². The molecule has 0 aliphatic rings. The number of nitrogens with zero attached hydrogens (tertiary/aromatic N) is 4. The first-order valence-corrected chi connectivity index (χ1v) is 9.38. The number of aromatic carboxylic acids is 1. The van der Waals surface area contributed by atoms with Crippen molar-refractivity contribution in [2.45, 2.75) is 9.79 Å². The molecule has 0 spiro atoms. The molecule has 162 valence electrons. The van der Waals surface area contributed by atoms with E-state index < -0.39 is 38.5 Å². The normalized spacial score (nSPS) is 11.7. The maximum atomic E-state index is 11.6. The molecule has 0 aliphatic carbocycles. The smallest absolute Gasteiger partial charge is 0.373 e. The Morgan fingerprint density at radius 3 is 2.57 bits per heavy atom. The van der Waals surface area contributed by atoms with Crippen molar-refractivity contribution >= 4 is 50.5 Å². The van der Waals surface area contributed by atoms with Crippen LogP contribution in [0.2, 0.25) is 0 Å². The van der Waals surface area contributed by atoms with Crippen LogP contribution in [0.1, 0.15) is 10.6 Å². The second-order valence-electron chi connectivity index (χ2n) is 5.15. The molecule has 3 rings (SSSR count). The fourth-order valence-corrected chi connectivity index (χ4v) is 3.25. The Labute approximate surface area is 180 Å². The number of rotatable bonds is 7. The van der Waals surface area contributed by atoms with Crippen LogP contribution in [0.25, 0.3) is 10.8 Å². The van der Waals surface area contributed by atoms with Crippen molar-refractivity contribution < 1.29 is 59.1 Å². The molecule has 0 saturated heterocycles. The number of benzene rings is 2. The van der Waals surface area contributed by atoms with E-state index >= 15 is 0 Å². The summed E-state index contributed by atoms with van der Waals surface area (Å²) in [6.45, 7) is 0. The van der Waals surface area contributed by atoms with Crippen LogP contribution in [0.15, 0.2) is 44.3 Å². The van der Waals surface area contributed by atoms with Crippen molar-refractivity contribution in [3.05, 3.63) is 30.1 Å². The van der Waals surface area contributed by atoms with E-state index in [0.717, 1.165) is 6.07 Å². The summed E-state index contributed by atoms with van der Waals surface area (Å²) in [4.78, 5) is 13.8. The van der Waals surface area contributed by atoms with E-state index in [1.165, 1.54) is 18.2 Å². The third-order valence-corrected chi connectivity index (χ3v) is 4.82. The Bertz CT molecular complexity index is 1230. The minimum atomic E-state index is -4.84. The van der Waals surface area contributed by atoms with Crippen LogP contribution in [-0.4, -0.2) is 49.6 Å². The number of H-pyrrole nitrogens is 1. The molecular formula is C13H9N5NiO9S2. The van der Waals surface area contributed by atoms with Gasteiger partial charge in [0.25, 0.3) is 16.1 Å². The molecule has 0 saturated carbocycles. The molecule has 3 aromatic rings. The predicted octanol–water partition coefficient (Wildman–Crippen LogP) is 2.45. The third-order valence-electron chi connectivity index (χ3n) is 3.38. The zero-order chi connectivity index (χ0) is 21.2. The number of fused-ring (bicyclic) bond motifs is 1. The molecule has 0 bridgehead atoms. The van der Waals surface area contributed by atoms with Crippen LogP contribution in [0, 0.1) is 0 Å². The molecule has 1 heterocycles. The van der Waals surface area contributed by atoms with Crippen molar-refractivity contribution in [1.82, 2.24) is 15.2 Å². The zero-order valence-electron chi connectivity index (χ0n) is 14.1. The second-order valence-corrected chi connectivity index (χ2v) is 7.31. The molecule has 1 aromatic heterocycles. The van der Waals surface area contributed by atoms with Crippen LogP contribution in [0.3, 0.4) is 0 Å². The van der Waals surface area contributed by atoms with Crippen LogP contribution >= 0.6 is 12.0 Å². The average molecular weight is 502 g/mol. The maximum Gasteiger partial charge on any atom is 0.373 e. The predicted molar refractivity (Wildman–Crippen MR) is 93.6 cm³/mol. The number of hydrogen-bond donors (Lipinski definition) is 5. The summed E-state index contributed by atoms with van der Waals surface area (Å²) in [5.74, 6) is -3.19. The van der Waals surface area contributed by atoms with Crippen molar-refractivity contribution in [2.24, 2.45) is 10.2 Å². The van der Waals surface area contributed by atoms with E-state index in [4.69, 9.17) is 10.4 Å². The molecule has 0 fully saturated rings. The van der Waals surface area contributed by atoms with E-state index in [1.807, 2.05) is 0 Å². The molecule has 0 radical (unpaired) electrons. The van der Waals surface area contributed by atoms with Gasteiger partial charge in [0.15, 0.2) is 5.75 Å². The molecular weight excluding hydrogens is 493 g/mol. The fraction of sp³-hybridized carbons (Fsp3) is 0. The van der Waals surface area contributed by atoms with Crippen molar-refractivity contribution in [1.29, 1.82) is 0 Å². The number of carboxylic acid groups (broad SMARTS) is 1. The average Bonchev–Trinajstić information content (AvgIpc) is 3.13. The SMILES string of the molecule is O=C(O)c1nc(N=Nc2c(O)c(S(=O)(=O)O)cc3cc(SOOO)ccc23)n[nH]1.[Ni]. The number of phenols is 1. The summed E-state index contributed by atoms with van der Waals surface area (Å²) >= 11 is 0.594.